The molecule has 1 saturated heterocycles. The lowest BCUT2D eigenvalue weighted by atomic mass is 9.94. The van der Waals surface area contributed by atoms with E-state index in [1.165, 1.54) is 5.56 Å². The van der Waals surface area contributed by atoms with Crippen molar-refractivity contribution in [1.82, 2.24) is 10.2 Å². The largest absolute Gasteiger partial charge is 0.349 e. The molecular weight excluding hydrogens is 300 g/mol. The summed E-state index contributed by atoms with van der Waals surface area (Å²) in [6.45, 7) is 9.38. The van der Waals surface area contributed by atoms with E-state index in [4.69, 9.17) is 0 Å². The van der Waals surface area contributed by atoms with Gasteiger partial charge in [-0.2, -0.15) is 0 Å². The molecule has 0 spiro atoms. The number of rotatable bonds is 5. The fraction of sp³-hybridized carbons (Fsp3) is 0.600. The predicted octanol–water partition coefficient (Wildman–Crippen LogP) is 3.32. The molecule has 2 rings (SSSR count). The number of amides is 2. The van der Waals surface area contributed by atoms with Crippen molar-refractivity contribution in [2.75, 3.05) is 13.1 Å². The van der Waals surface area contributed by atoms with Crippen LogP contribution >= 0.6 is 0 Å². The highest BCUT2D eigenvalue weighted by molar-refractivity contribution is 5.81. The highest BCUT2D eigenvalue weighted by atomic mass is 16.2. The van der Waals surface area contributed by atoms with Gasteiger partial charge in [-0.15, -0.1) is 0 Å². The van der Waals surface area contributed by atoms with Crippen LogP contribution in [0.1, 0.15) is 57.7 Å². The van der Waals surface area contributed by atoms with Gasteiger partial charge in [0.25, 0.3) is 0 Å². The molecule has 0 saturated carbocycles. The molecule has 1 aliphatic heterocycles. The summed E-state index contributed by atoms with van der Waals surface area (Å²) >= 11 is 0. The van der Waals surface area contributed by atoms with Crippen molar-refractivity contribution in [3.05, 3.63) is 35.4 Å². The van der Waals surface area contributed by atoms with E-state index in [1.807, 2.05) is 25.7 Å². The van der Waals surface area contributed by atoms with Crippen LogP contribution in [0.4, 0.5) is 0 Å². The smallest absolute Gasteiger partial charge is 0.225 e. The van der Waals surface area contributed by atoms with Crippen molar-refractivity contribution in [3.8, 4) is 0 Å². The van der Waals surface area contributed by atoms with Crippen LogP contribution in [-0.2, 0) is 16.0 Å². The summed E-state index contributed by atoms with van der Waals surface area (Å²) in [6.07, 6.45) is 2.53. The molecule has 132 valence electrons. The highest BCUT2D eigenvalue weighted by Gasteiger charge is 2.28. The molecule has 0 radical (unpaired) electrons. The van der Waals surface area contributed by atoms with Gasteiger partial charge in [-0.25, -0.2) is 0 Å². The van der Waals surface area contributed by atoms with Gasteiger partial charge in [0.1, 0.15) is 0 Å². The number of carbonyl (C=O) groups is 2. The van der Waals surface area contributed by atoms with Crippen molar-refractivity contribution in [2.45, 2.75) is 53.0 Å². The van der Waals surface area contributed by atoms with Gasteiger partial charge in [0.05, 0.1) is 6.04 Å². The fourth-order valence-electron chi connectivity index (χ4n) is 3.18. The first-order chi connectivity index (χ1) is 11.4. The first-order valence-corrected chi connectivity index (χ1v) is 9.10. The Labute approximate surface area is 145 Å². The lowest BCUT2D eigenvalue weighted by Gasteiger charge is -2.33. The Morgan fingerprint density at radius 3 is 2.21 bits per heavy atom. The molecule has 1 heterocycles. The van der Waals surface area contributed by atoms with Gasteiger partial charge in [0.2, 0.25) is 11.8 Å². The molecule has 0 aromatic heterocycles. The van der Waals surface area contributed by atoms with Crippen LogP contribution in [0.25, 0.3) is 0 Å². The summed E-state index contributed by atoms with van der Waals surface area (Å²) in [6, 6.07) is 8.43. The molecule has 1 aromatic carbocycles. The number of carbonyl (C=O) groups excluding carboxylic acids is 2. The van der Waals surface area contributed by atoms with Gasteiger partial charge in [-0.3, -0.25) is 9.59 Å². The predicted molar refractivity (Wildman–Crippen MR) is 96.5 cm³/mol. The first-order valence-electron chi connectivity index (χ1n) is 9.10. The van der Waals surface area contributed by atoms with Crippen LogP contribution in [-0.4, -0.2) is 29.8 Å². The average molecular weight is 330 g/mol. The summed E-state index contributed by atoms with van der Waals surface area (Å²) in [4.78, 5) is 26.4. The molecule has 1 unspecified atom stereocenters. The molecule has 0 bridgehead atoms. The number of benzene rings is 1. The first kappa shape index (κ1) is 18.5. The van der Waals surface area contributed by atoms with Gasteiger partial charge in [0, 0.05) is 24.9 Å². The number of hydrogen-bond donors (Lipinski definition) is 1. The van der Waals surface area contributed by atoms with Crippen molar-refractivity contribution in [3.63, 3.8) is 0 Å². The van der Waals surface area contributed by atoms with E-state index < -0.39 is 0 Å². The summed E-state index contributed by atoms with van der Waals surface area (Å²) in [5.41, 5.74) is 2.44. The van der Waals surface area contributed by atoms with Crippen LogP contribution < -0.4 is 5.32 Å². The van der Waals surface area contributed by atoms with E-state index in [1.54, 1.807) is 0 Å². The molecule has 1 fully saturated rings. The zero-order chi connectivity index (χ0) is 17.7. The van der Waals surface area contributed by atoms with E-state index in [0.29, 0.717) is 13.1 Å². The molecule has 1 N–H and O–H groups in total. The van der Waals surface area contributed by atoms with E-state index in [2.05, 4.69) is 36.5 Å². The second-order valence-electron chi connectivity index (χ2n) is 7.08. The molecule has 1 atom stereocenters. The zero-order valence-electron chi connectivity index (χ0n) is 15.3. The van der Waals surface area contributed by atoms with E-state index in [0.717, 1.165) is 24.8 Å². The lowest BCUT2D eigenvalue weighted by Crippen LogP contribution is -2.44. The van der Waals surface area contributed by atoms with Gasteiger partial charge in [-0.1, -0.05) is 45.0 Å². The second-order valence-corrected chi connectivity index (χ2v) is 7.08. The van der Waals surface area contributed by atoms with E-state index in [9.17, 15) is 9.59 Å². The fourth-order valence-corrected chi connectivity index (χ4v) is 3.18. The Morgan fingerprint density at radius 1 is 1.12 bits per heavy atom. The van der Waals surface area contributed by atoms with Crippen LogP contribution in [0.15, 0.2) is 24.3 Å². The molecule has 0 aliphatic carbocycles. The molecule has 4 heteroatoms. The number of nitrogens with one attached hydrogen (secondary N) is 1. The monoisotopic (exact) mass is 330 g/mol. The third-order valence-electron chi connectivity index (χ3n) is 4.92. The topological polar surface area (TPSA) is 49.4 Å². The number of likely N-dealkylation sites (tertiary alicyclic amines) is 1. The highest BCUT2D eigenvalue weighted by Crippen LogP contribution is 2.21. The van der Waals surface area contributed by atoms with Crippen molar-refractivity contribution in [2.24, 2.45) is 11.8 Å². The Morgan fingerprint density at radius 2 is 1.71 bits per heavy atom. The Hall–Kier alpha value is -1.84. The van der Waals surface area contributed by atoms with Gasteiger partial charge < -0.3 is 10.2 Å². The van der Waals surface area contributed by atoms with Gasteiger partial charge >= 0.3 is 0 Å². The number of aryl methyl sites for hydroxylation is 1. The summed E-state index contributed by atoms with van der Waals surface area (Å²) in [5.74, 6) is 0.344. The molecular formula is C20H30N2O2. The van der Waals surface area contributed by atoms with Crippen LogP contribution in [0.3, 0.4) is 0 Å². The molecule has 2 amide bonds. The quantitative estimate of drug-likeness (QED) is 0.900. The maximum absolute atomic E-state index is 12.5. The Kier molecular flexibility index (Phi) is 6.41. The molecule has 1 aromatic rings. The van der Waals surface area contributed by atoms with E-state index >= 15 is 0 Å². The Bertz CT molecular complexity index is 558. The summed E-state index contributed by atoms with van der Waals surface area (Å²) in [5, 5.41) is 3.13. The van der Waals surface area contributed by atoms with Gasteiger partial charge in [0.15, 0.2) is 0 Å². The number of hydrogen-bond acceptors (Lipinski definition) is 2. The molecule has 4 nitrogen and oxygen atoms in total. The van der Waals surface area contributed by atoms with Gasteiger partial charge in [-0.05, 0) is 37.3 Å². The summed E-state index contributed by atoms with van der Waals surface area (Å²) in [7, 11) is 0. The lowest BCUT2D eigenvalue weighted by molar-refractivity contribution is -0.138. The molecule has 1 aliphatic rings. The van der Waals surface area contributed by atoms with E-state index in [-0.39, 0.29) is 29.7 Å². The molecule has 24 heavy (non-hydrogen) atoms. The van der Waals surface area contributed by atoms with Crippen molar-refractivity contribution in [1.29, 1.82) is 0 Å². The normalized spacial score (nSPS) is 17.0. The SMILES string of the molecule is CCc1ccc(C(C)NC(=O)C2CCN(C(=O)C(C)C)CC2)cc1. The minimum atomic E-state index is 0.0126. The Balaban J connectivity index is 1.85. The van der Waals surface area contributed by atoms with Crippen LogP contribution in [0.2, 0.25) is 0 Å². The van der Waals surface area contributed by atoms with Crippen molar-refractivity contribution >= 4 is 11.8 Å². The third-order valence-corrected chi connectivity index (χ3v) is 4.92. The number of nitrogens with zero attached hydrogens (tertiary/aromatic N) is 1. The third kappa shape index (κ3) is 4.59. The average Bonchev–Trinajstić information content (AvgIpc) is 2.61. The summed E-state index contributed by atoms with van der Waals surface area (Å²) < 4.78 is 0. The number of piperidine rings is 1. The maximum atomic E-state index is 12.5. The minimum absolute atomic E-state index is 0.0126. The van der Waals surface area contributed by atoms with Crippen LogP contribution in [0, 0.1) is 11.8 Å². The second kappa shape index (κ2) is 8.32. The zero-order valence-corrected chi connectivity index (χ0v) is 15.3. The minimum Gasteiger partial charge on any atom is -0.349 e. The maximum Gasteiger partial charge on any atom is 0.225 e. The van der Waals surface area contributed by atoms with Crippen LogP contribution in [0.5, 0.6) is 0 Å². The standard InChI is InChI=1S/C20H30N2O2/c1-5-16-6-8-17(9-7-16)15(4)21-19(23)18-10-12-22(13-11-18)20(24)14(2)3/h6-9,14-15,18H,5,10-13H2,1-4H3,(H,21,23). The van der Waals surface area contributed by atoms with Crippen molar-refractivity contribution < 1.29 is 9.59 Å².